The lowest BCUT2D eigenvalue weighted by Crippen LogP contribution is -2.42. The Balaban J connectivity index is 2.23. The van der Waals surface area contributed by atoms with E-state index < -0.39 is 34.0 Å². The van der Waals surface area contributed by atoms with Gasteiger partial charge in [-0.3, -0.25) is 10.1 Å². The largest absolute Gasteiger partial charge is 0.449 e. The number of ether oxygens (including phenoxy) is 1. The molecule has 0 saturated carbocycles. The number of halogens is 1. The monoisotopic (exact) mass is 431 g/mol. The van der Waals surface area contributed by atoms with Gasteiger partial charge in [0.2, 0.25) is 10.0 Å². The highest BCUT2D eigenvalue weighted by molar-refractivity contribution is 7.89. The van der Waals surface area contributed by atoms with Crippen LogP contribution in [0.15, 0.2) is 23.1 Å². The molecule has 9 nitrogen and oxygen atoms in total. The van der Waals surface area contributed by atoms with Crippen LogP contribution in [-0.2, 0) is 19.6 Å². The van der Waals surface area contributed by atoms with Gasteiger partial charge >= 0.3 is 12.0 Å². The third-order valence-corrected chi connectivity index (χ3v) is 6.65. The van der Waals surface area contributed by atoms with Crippen molar-refractivity contribution in [1.82, 2.24) is 9.62 Å². The molecule has 1 heterocycles. The molecule has 1 fully saturated rings. The summed E-state index contributed by atoms with van der Waals surface area (Å²) in [7, 11) is -3.89. The number of piperidine rings is 1. The molecule has 1 aromatic carbocycles. The summed E-state index contributed by atoms with van der Waals surface area (Å²) in [5.74, 6) is -1.61. The Bertz CT molecular complexity index is 889. The van der Waals surface area contributed by atoms with E-state index in [9.17, 15) is 22.8 Å². The summed E-state index contributed by atoms with van der Waals surface area (Å²) >= 11 is 6.08. The smallest absolute Gasteiger partial charge is 0.338 e. The molecular formula is C17H22ClN3O6S. The van der Waals surface area contributed by atoms with E-state index in [1.165, 1.54) is 23.4 Å². The van der Waals surface area contributed by atoms with Crippen LogP contribution < -0.4 is 11.1 Å². The summed E-state index contributed by atoms with van der Waals surface area (Å²) in [6.45, 7) is 3.97. The number of primary amides is 1. The molecular weight excluding hydrogens is 410 g/mol. The van der Waals surface area contributed by atoms with Crippen LogP contribution in [0.1, 0.15) is 37.0 Å². The number of imide groups is 1. The van der Waals surface area contributed by atoms with Crippen molar-refractivity contribution in [2.24, 2.45) is 11.7 Å². The highest BCUT2D eigenvalue weighted by Gasteiger charge is 2.31. The van der Waals surface area contributed by atoms with Gasteiger partial charge in [0.1, 0.15) is 4.90 Å². The number of benzene rings is 1. The molecule has 28 heavy (non-hydrogen) atoms. The number of hydrogen-bond acceptors (Lipinski definition) is 6. The lowest BCUT2D eigenvalue weighted by molar-refractivity contribution is -0.127. The fourth-order valence-corrected chi connectivity index (χ4v) is 4.94. The molecule has 0 aliphatic carbocycles. The van der Waals surface area contributed by atoms with Crippen molar-refractivity contribution >= 4 is 39.5 Å². The number of urea groups is 1. The third-order valence-electron chi connectivity index (χ3n) is 4.30. The average Bonchev–Trinajstić information content (AvgIpc) is 2.61. The van der Waals surface area contributed by atoms with E-state index in [1.54, 1.807) is 5.32 Å². The van der Waals surface area contributed by atoms with Crippen LogP contribution in [0, 0.1) is 5.92 Å². The van der Waals surface area contributed by atoms with Crippen LogP contribution in [0.2, 0.25) is 5.02 Å². The van der Waals surface area contributed by atoms with E-state index in [4.69, 9.17) is 22.1 Å². The molecule has 1 saturated heterocycles. The maximum absolute atomic E-state index is 13.0. The van der Waals surface area contributed by atoms with E-state index >= 15 is 0 Å². The molecule has 3 N–H and O–H groups in total. The second kappa shape index (κ2) is 8.89. The van der Waals surface area contributed by atoms with Gasteiger partial charge in [0.15, 0.2) is 6.10 Å². The molecule has 2 rings (SSSR count). The second-order valence-corrected chi connectivity index (χ2v) is 8.97. The summed E-state index contributed by atoms with van der Waals surface area (Å²) in [5, 5.41) is 1.77. The van der Waals surface area contributed by atoms with Gasteiger partial charge in [-0.15, -0.1) is 0 Å². The first kappa shape index (κ1) is 22.1. The summed E-state index contributed by atoms with van der Waals surface area (Å²) in [6, 6.07) is 2.62. The molecule has 0 radical (unpaired) electrons. The van der Waals surface area contributed by atoms with Gasteiger partial charge in [-0.1, -0.05) is 18.5 Å². The van der Waals surface area contributed by atoms with Gasteiger partial charge in [-0.2, -0.15) is 4.31 Å². The number of nitrogens with two attached hydrogens (primary N) is 1. The predicted molar refractivity (Wildman–Crippen MR) is 101 cm³/mol. The van der Waals surface area contributed by atoms with E-state index in [2.05, 4.69) is 0 Å². The maximum atomic E-state index is 13.0. The van der Waals surface area contributed by atoms with Crippen molar-refractivity contribution in [3.05, 3.63) is 28.8 Å². The van der Waals surface area contributed by atoms with Crippen LogP contribution in [-0.4, -0.2) is 49.8 Å². The SMILES string of the molecule is C[C@@H]1CCCN(S(=O)(=O)c2cc(C(=O)O[C@@H](C)C(=O)NC(N)=O)ccc2Cl)C1. The molecule has 154 valence electrons. The normalized spacial score (nSPS) is 18.9. The fraction of sp³-hybridized carbons (Fsp3) is 0.471. The van der Waals surface area contributed by atoms with E-state index in [1.807, 2.05) is 6.92 Å². The maximum Gasteiger partial charge on any atom is 0.338 e. The van der Waals surface area contributed by atoms with Crippen LogP contribution in [0.3, 0.4) is 0 Å². The number of carbonyl (C=O) groups is 3. The fourth-order valence-electron chi connectivity index (χ4n) is 2.84. The molecule has 1 aromatic rings. The average molecular weight is 432 g/mol. The minimum atomic E-state index is -3.89. The van der Waals surface area contributed by atoms with Crippen LogP contribution in [0.4, 0.5) is 4.79 Å². The topological polar surface area (TPSA) is 136 Å². The number of rotatable bonds is 5. The summed E-state index contributed by atoms with van der Waals surface area (Å²) < 4.78 is 32.2. The number of sulfonamides is 1. The molecule has 0 bridgehead atoms. The molecule has 3 amide bonds. The first-order valence-corrected chi connectivity index (χ1v) is 10.4. The zero-order valence-corrected chi connectivity index (χ0v) is 17.0. The molecule has 1 aliphatic rings. The van der Waals surface area contributed by atoms with Crippen LogP contribution in [0.25, 0.3) is 0 Å². The molecule has 2 atom stereocenters. The highest BCUT2D eigenvalue weighted by atomic mass is 35.5. The number of nitrogens with zero attached hydrogens (tertiary/aromatic N) is 1. The van der Waals surface area contributed by atoms with Gasteiger partial charge in [0.05, 0.1) is 10.6 Å². The Morgan fingerprint density at radius 3 is 2.64 bits per heavy atom. The summed E-state index contributed by atoms with van der Waals surface area (Å²) in [4.78, 5) is 34.4. The van der Waals surface area contributed by atoms with E-state index in [0.717, 1.165) is 18.9 Å². The Morgan fingerprint density at radius 2 is 2.04 bits per heavy atom. The first-order valence-electron chi connectivity index (χ1n) is 8.63. The molecule has 1 aliphatic heterocycles. The van der Waals surface area contributed by atoms with Gasteiger partial charge < -0.3 is 10.5 Å². The van der Waals surface area contributed by atoms with Crippen molar-refractivity contribution in [3.8, 4) is 0 Å². The quantitative estimate of drug-likeness (QED) is 0.678. The zero-order chi connectivity index (χ0) is 21.1. The molecule has 0 unspecified atom stereocenters. The Morgan fingerprint density at radius 1 is 1.36 bits per heavy atom. The molecule has 0 spiro atoms. The standard InChI is InChI=1S/C17H22ClN3O6S/c1-10-4-3-7-21(9-10)28(25,26)14-8-12(5-6-13(14)18)16(23)27-11(2)15(22)20-17(19)24/h5-6,8,10-11H,3-4,7,9H2,1-2H3,(H3,19,20,22,24)/t10-,11+/m1/s1. The molecule has 0 aromatic heterocycles. The Kier molecular flexibility index (Phi) is 7.02. The minimum absolute atomic E-state index is 0.0192. The summed E-state index contributed by atoms with van der Waals surface area (Å²) in [6.07, 6.45) is 0.377. The minimum Gasteiger partial charge on any atom is -0.449 e. The van der Waals surface area contributed by atoms with Crippen molar-refractivity contribution in [2.75, 3.05) is 13.1 Å². The van der Waals surface area contributed by atoms with Gasteiger partial charge in [0.25, 0.3) is 5.91 Å². The van der Waals surface area contributed by atoms with Gasteiger partial charge in [-0.05, 0) is 43.9 Å². The third kappa shape index (κ3) is 5.21. The van der Waals surface area contributed by atoms with E-state index in [0.29, 0.717) is 13.1 Å². The number of esters is 1. The van der Waals surface area contributed by atoms with Crippen molar-refractivity contribution < 1.29 is 27.5 Å². The first-order chi connectivity index (χ1) is 13.0. The van der Waals surface area contributed by atoms with Gasteiger partial charge in [-0.25, -0.2) is 18.0 Å². The lowest BCUT2D eigenvalue weighted by atomic mass is 10.0. The summed E-state index contributed by atoms with van der Waals surface area (Å²) in [5.41, 5.74) is 4.75. The predicted octanol–water partition coefficient (Wildman–Crippen LogP) is 1.50. The van der Waals surface area contributed by atoms with Crippen molar-refractivity contribution in [2.45, 2.75) is 37.7 Å². The lowest BCUT2D eigenvalue weighted by Gasteiger charge is -2.30. The molecule has 11 heteroatoms. The van der Waals surface area contributed by atoms with E-state index in [-0.39, 0.29) is 21.4 Å². The van der Waals surface area contributed by atoms with Crippen LogP contribution in [0.5, 0.6) is 0 Å². The van der Waals surface area contributed by atoms with Gasteiger partial charge in [0, 0.05) is 13.1 Å². The Labute approximate surface area is 168 Å². The Hall–Kier alpha value is -2.17. The number of hydrogen-bond donors (Lipinski definition) is 2. The second-order valence-electron chi connectivity index (χ2n) is 6.66. The number of nitrogens with one attached hydrogen (secondary N) is 1. The number of amides is 3. The highest BCUT2D eigenvalue weighted by Crippen LogP contribution is 2.29. The van der Waals surface area contributed by atoms with Crippen molar-refractivity contribution in [3.63, 3.8) is 0 Å². The van der Waals surface area contributed by atoms with Crippen molar-refractivity contribution in [1.29, 1.82) is 0 Å². The zero-order valence-electron chi connectivity index (χ0n) is 15.5. The number of carbonyl (C=O) groups excluding carboxylic acids is 3. The van der Waals surface area contributed by atoms with Crippen LogP contribution >= 0.6 is 11.6 Å².